The summed E-state index contributed by atoms with van der Waals surface area (Å²) in [6, 6.07) is 3.77. The molecule has 110 valence electrons. The summed E-state index contributed by atoms with van der Waals surface area (Å²) in [5, 5.41) is 3.61. The number of hydrogen-bond donors (Lipinski definition) is 0. The van der Waals surface area contributed by atoms with E-state index in [-0.39, 0.29) is 17.7 Å². The molecule has 0 unspecified atom stereocenters. The van der Waals surface area contributed by atoms with Crippen molar-refractivity contribution in [3.05, 3.63) is 22.4 Å². The Kier molecular flexibility index (Phi) is 4.60. The van der Waals surface area contributed by atoms with Crippen LogP contribution >= 0.6 is 11.3 Å². The number of nitrogens with zero attached hydrogens (tertiary/aromatic N) is 1. The molecule has 2 rings (SSSR count). The van der Waals surface area contributed by atoms with E-state index < -0.39 is 5.41 Å². The Hall–Kier alpha value is -1.20. The molecule has 2 heterocycles. The number of rotatable bonds is 3. The molecule has 0 aliphatic carbocycles. The summed E-state index contributed by atoms with van der Waals surface area (Å²) in [5.74, 6) is 0.0561. The lowest BCUT2D eigenvalue weighted by Gasteiger charge is -2.31. The minimum Gasteiger partial charge on any atom is -0.367 e. The number of Topliss-reactive ketones (excluding diaryl/α,β-unsaturated/α-hetero) is 1. The highest BCUT2D eigenvalue weighted by Gasteiger charge is 2.30. The molecule has 0 saturated carbocycles. The second-order valence-electron chi connectivity index (χ2n) is 6.17. The average Bonchev–Trinajstić information content (AvgIpc) is 2.91. The number of ketones is 1. The van der Waals surface area contributed by atoms with Crippen molar-refractivity contribution in [1.82, 2.24) is 5.06 Å². The number of hydrogen-bond acceptors (Lipinski definition) is 5. The highest BCUT2D eigenvalue weighted by Crippen LogP contribution is 2.25. The van der Waals surface area contributed by atoms with Crippen LogP contribution in [0.5, 0.6) is 0 Å². The molecular weight excluding hydrogens is 274 g/mol. The molecule has 1 aromatic heterocycles. The van der Waals surface area contributed by atoms with Gasteiger partial charge in [-0.1, -0.05) is 6.07 Å². The van der Waals surface area contributed by atoms with Gasteiger partial charge in [-0.15, -0.1) is 16.4 Å². The smallest absolute Gasteiger partial charge is 0.330 e. The van der Waals surface area contributed by atoms with Crippen LogP contribution in [0.25, 0.3) is 0 Å². The summed E-state index contributed by atoms with van der Waals surface area (Å²) >= 11 is 1.49. The molecule has 20 heavy (non-hydrogen) atoms. The third-order valence-corrected chi connectivity index (χ3v) is 4.30. The Morgan fingerprint density at radius 1 is 1.30 bits per heavy atom. The molecule has 4 nitrogen and oxygen atoms in total. The molecule has 1 saturated heterocycles. The molecular formula is C15H21NO3S. The van der Waals surface area contributed by atoms with Gasteiger partial charge in [-0.05, 0) is 45.1 Å². The first-order valence-electron chi connectivity index (χ1n) is 6.93. The van der Waals surface area contributed by atoms with Crippen molar-refractivity contribution in [2.45, 2.75) is 33.6 Å². The third kappa shape index (κ3) is 3.67. The monoisotopic (exact) mass is 295 g/mol. The van der Waals surface area contributed by atoms with Crippen LogP contribution in [-0.2, 0) is 9.63 Å². The van der Waals surface area contributed by atoms with Gasteiger partial charge >= 0.3 is 5.97 Å². The van der Waals surface area contributed by atoms with Crippen molar-refractivity contribution in [3.63, 3.8) is 0 Å². The van der Waals surface area contributed by atoms with Crippen molar-refractivity contribution < 1.29 is 14.4 Å². The Morgan fingerprint density at radius 3 is 2.45 bits per heavy atom. The first-order valence-corrected chi connectivity index (χ1v) is 7.81. The molecule has 0 bridgehead atoms. The summed E-state index contributed by atoms with van der Waals surface area (Å²) in [7, 11) is 0. The van der Waals surface area contributed by atoms with Gasteiger partial charge in [-0.2, -0.15) is 0 Å². The maximum atomic E-state index is 12.2. The van der Waals surface area contributed by atoms with Gasteiger partial charge in [0.2, 0.25) is 0 Å². The summed E-state index contributed by atoms with van der Waals surface area (Å²) in [6.07, 6.45) is 1.49. The fourth-order valence-corrected chi connectivity index (χ4v) is 2.83. The van der Waals surface area contributed by atoms with E-state index in [4.69, 9.17) is 4.84 Å². The summed E-state index contributed by atoms with van der Waals surface area (Å²) in [5.41, 5.74) is -0.496. The van der Waals surface area contributed by atoms with E-state index >= 15 is 0 Å². The van der Waals surface area contributed by atoms with Crippen molar-refractivity contribution in [2.24, 2.45) is 11.3 Å². The largest absolute Gasteiger partial charge is 0.367 e. The van der Waals surface area contributed by atoms with Crippen molar-refractivity contribution in [2.75, 3.05) is 13.1 Å². The normalized spacial score (nSPS) is 17.9. The molecule has 0 spiro atoms. The molecule has 0 aromatic carbocycles. The van der Waals surface area contributed by atoms with E-state index in [0.29, 0.717) is 13.1 Å². The molecule has 0 radical (unpaired) electrons. The fourth-order valence-electron chi connectivity index (χ4n) is 2.08. The zero-order valence-electron chi connectivity index (χ0n) is 12.2. The molecule has 0 N–H and O–H groups in total. The van der Waals surface area contributed by atoms with Gasteiger partial charge in [0.25, 0.3) is 0 Å². The zero-order chi connectivity index (χ0) is 14.8. The Bertz CT molecular complexity index is 468. The van der Waals surface area contributed by atoms with Crippen LogP contribution in [0.15, 0.2) is 17.5 Å². The van der Waals surface area contributed by atoms with Crippen LogP contribution in [0.4, 0.5) is 0 Å². The Morgan fingerprint density at radius 2 is 1.95 bits per heavy atom. The van der Waals surface area contributed by atoms with Gasteiger partial charge in [0, 0.05) is 19.0 Å². The van der Waals surface area contributed by atoms with E-state index in [1.165, 1.54) is 11.3 Å². The molecule has 0 amide bonds. The van der Waals surface area contributed by atoms with E-state index in [9.17, 15) is 9.59 Å². The summed E-state index contributed by atoms with van der Waals surface area (Å²) in [4.78, 5) is 30.2. The maximum absolute atomic E-state index is 12.2. The molecule has 1 aliphatic rings. The van der Waals surface area contributed by atoms with Crippen LogP contribution in [-0.4, -0.2) is 29.9 Å². The molecule has 1 aliphatic heterocycles. The average molecular weight is 295 g/mol. The van der Waals surface area contributed by atoms with E-state index in [0.717, 1.165) is 17.7 Å². The van der Waals surface area contributed by atoms with Gasteiger partial charge in [0.15, 0.2) is 5.78 Å². The lowest BCUT2D eigenvalue weighted by atomic mass is 9.92. The van der Waals surface area contributed by atoms with E-state index in [1.54, 1.807) is 5.06 Å². The summed E-state index contributed by atoms with van der Waals surface area (Å²) in [6.45, 7) is 6.76. The lowest BCUT2D eigenvalue weighted by molar-refractivity contribution is -0.205. The van der Waals surface area contributed by atoms with E-state index in [2.05, 4.69) is 0 Å². The molecule has 0 atom stereocenters. The van der Waals surface area contributed by atoms with Crippen molar-refractivity contribution in [1.29, 1.82) is 0 Å². The highest BCUT2D eigenvalue weighted by atomic mass is 32.1. The second-order valence-corrected chi connectivity index (χ2v) is 7.12. The standard InChI is InChI=1S/C15H21NO3S/c1-15(2,3)14(18)19-16-8-6-11(7-9-16)13(17)12-5-4-10-20-12/h4-5,10-11H,6-9H2,1-3H3. The quantitative estimate of drug-likeness (QED) is 0.804. The summed E-state index contributed by atoms with van der Waals surface area (Å²) < 4.78 is 0. The SMILES string of the molecule is CC(C)(C)C(=O)ON1CCC(C(=O)c2cccs2)CC1. The first-order chi connectivity index (χ1) is 9.38. The number of carbonyl (C=O) groups is 2. The van der Waals surface area contributed by atoms with E-state index in [1.807, 2.05) is 38.3 Å². The zero-order valence-corrected chi connectivity index (χ0v) is 13.0. The fraction of sp³-hybridized carbons (Fsp3) is 0.600. The van der Waals surface area contributed by atoms with Crippen molar-refractivity contribution >= 4 is 23.1 Å². The predicted octanol–water partition coefficient (Wildman–Crippen LogP) is 3.15. The molecule has 1 fully saturated rings. The minimum absolute atomic E-state index is 0.0539. The maximum Gasteiger partial charge on any atom is 0.330 e. The highest BCUT2D eigenvalue weighted by molar-refractivity contribution is 7.12. The number of piperidine rings is 1. The second kappa shape index (κ2) is 6.06. The van der Waals surface area contributed by atoms with Crippen LogP contribution < -0.4 is 0 Å². The Balaban J connectivity index is 1.84. The van der Waals surface area contributed by atoms with Gasteiger partial charge in [-0.25, -0.2) is 4.79 Å². The predicted molar refractivity (Wildman–Crippen MR) is 78.5 cm³/mol. The van der Waals surface area contributed by atoms with Crippen LogP contribution in [0.3, 0.4) is 0 Å². The van der Waals surface area contributed by atoms with Crippen LogP contribution in [0.2, 0.25) is 0 Å². The van der Waals surface area contributed by atoms with Gasteiger partial charge in [-0.3, -0.25) is 4.79 Å². The number of hydroxylamine groups is 2. The first kappa shape index (κ1) is 15.2. The minimum atomic E-state index is -0.496. The van der Waals surface area contributed by atoms with Gasteiger partial charge < -0.3 is 4.84 Å². The third-order valence-electron chi connectivity index (χ3n) is 3.41. The molecule has 1 aromatic rings. The Labute approximate surface area is 123 Å². The lowest BCUT2D eigenvalue weighted by Crippen LogP contribution is -2.40. The topological polar surface area (TPSA) is 46.6 Å². The van der Waals surface area contributed by atoms with Gasteiger partial charge in [0.05, 0.1) is 10.3 Å². The van der Waals surface area contributed by atoms with Crippen molar-refractivity contribution in [3.8, 4) is 0 Å². The molecule has 5 heteroatoms. The van der Waals surface area contributed by atoms with Gasteiger partial charge in [0.1, 0.15) is 0 Å². The number of thiophene rings is 1. The van der Waals surface area contributed by atoms with Crippen LogP contribution in [0.1, 0.15) is 43.3 Å². The number of carbonyl (C=O) groups excluding carboxylic acids is 2. The van der Waals surface area contributed by atoms with Crippen LogP contribution in [0, 0.1) is 11.3 Å².